The summed E-state index contributed by atoms with van der Waals surface area (Å²) >= 11 is 0. The Balaban J connectivity index is 1.41. The van der Waals surface area contributed by atoms with Crippen molar-refractivity contribution in [3.05, 3.63) is 33.9 Å². The average Bonchev–Trinajstić information content (AvgIpc) is 2.86. The van der Waals surface area contributed by atoms with Crippen molar-refractivity contribution in [2.24, 2.45) is 0 Å². The van der Waals surface area contributed by atoms with Crippen LogP contribution >= 0.6 is 0 Å². The number of halogens is 3. The number of hydrogen-bond donors (Lipinski definition) is 1. The molecule has 2 fully saturated rings. The predicted molar refractivity (Wildman–Crippen MR) is 128 cm³/mol. The van der Waals surface area contributed by atoms with Crippen LogP contribution in [-0.4, -0.2) is 83.3 Å². The fraction of sp³-hybridized carbons (Fsp3) is 0.667. The number of unbranched alkanes of at least 4 members (excludes halogenated alkanes) is 1. The number of benzene rings is 1. The van der Waals surface area contributed by atoms with Gasteiger partial charge in [-0.3, -0.25) is 24.6 Å². The van der Waals surface area contributed by atoms with Gasteiger partial charge in [-0.15, -0.1) is 0 Å². The zero-order valence-corrected chi connectivity index (χ0v) is 20.6. The van der Waals surface area contributed by atoms with Crippen LogP contribution in [0.4, 0.5) is 24.5 Å². The van der Waals surface area contributed by atoms with E-state index in [1.165, 1.54) is 6.07 Å². The number of hydrogen-bond acceptors (Lipinski definition) is 6. The molecule has 2 aliphatic heterocycles. The molecule has 0 saturated carbocycles. The molecule has 12 heteroatoms. The molecular weight excluding hydrogens is 479 g/mol. The van der Waals surface area contributed by atoms with E-state index in [0.717, 1.165) is 38.1 Å². The van der Waals surface area contributed by atoms with Gasteiger partial charge in [0.1, 0.15) is 5.56 Å². The summed E-state index contributed by atoms with van der Waals surface area (Å²) in [4.78, 5) is 40.6. The minimum atomic E-state index is -4.83. The molecule has 2 aliphatic rings. The molecule has 1 N–H and O–H groups in total. The van der Waals surface area contributed by atoms with Gasteiger partial charge in [-0.2, -0.15) is 13.2 Å². The fourth-order valence-electron chi connectivity index (χ4n) is 4.64. The van der Waals surface area contributed by atoms with E-state index in [1.54, 1.807) is 4.90 Å². The Labute approximate surface area is 208 Å². The van der Waals surface area contributed by atoms with Gasteiger partial charge in [-0.25, -0.2) is 0 Å². The molecule has 1 aromatic rings. The number of carbonyl (C=O) groups excluding carboxylic acids is 2. The van der Waals surface area contributed by atoms with Crippen molar-refractivity contribution in [3.8, 4) is 0 Å². The molecule has 0 spiro atoms. The van der Waals surface area contributed by atoms with Gasteiger partial charge in [0.2, 0.25) is 11.8 Å². The van der Waals surface area contributed by atoms with E-state index in [4.69, 9.17) is 0 Å². The zero-order chi connectivity index (χ0) is 26.3. The minimum absolute atomic E-state index is 0.0459. The summed E-state index contributed by atoms with van der Waals surface area (Å²) in [5.41, 5.74) is -2.08. The summed E-state index contributed by atoms with van der Waals surface area (Å²) in [5, 5.41) is 14.0. The normalized spacial score (nSPS) is 17.8. The third-order valence-corrected chi connectivity index (χ3v) is 6.83. The van der Waals surface area contributed by atoms with Crippen LogP contribution in [0.5, 0.6) is 0 Å². The van der Waals surface area contributed by atoms with E-state index >= 15 is 0 Å². The summed E-state index contributed by atoms with van der Waals surface area (Å²) in [6.07, 6.45) is -0.801. The summed E-state index contributed by atoms with van der Waals surface area (Å²) in [7, 11) is 0. The second kappa shape index (κ2) is 12.4. The average molecular weight is 514 g/mol. The summed E-state index contributed by atoms with van der Waals surface area (Å²) in [6, 6.07) is 2.79. The maximum Gasteiger partial charge on any atom is 0.423 e. The van der Waals surface area contributed by atoms with Crippen LogP contribution in [-0.2, 0) is 15.8 Å². The molecule has 0 atom stereocenters. The monoisotopic (exact) mass is 513 g/mol. The van der Waals surface area contributed by atoms with Crippen LogP contribution in [0.15, 0.2) is 18.2 Å². The first kappa shape index (κ1) is 27.7. The third kappa shape index (κ3) is 7.55. The lowest BCUT2D eigenvalue weighted by molar-refractivity contribution is -0.388. The Morgan fingerprint density at radius 2 is 1.64 bits per heavy atom. The number of anilines is 1. The molecule has 0 aliphatic carbocycles. The predicted octanol–water partition coefficient (Wildman–Crippen LogP) is 3.74. The van der Waals surface area contributed by atoms with E-state index in [9.17, 15) is 32.9 Å². The van der Waals surface area contributed by atoms with E-state index in [0.29, 0.717) is 58.4 Å². The maximum atomic E-state index is 13.2. The summed E-state index contributed by atoms with van der Waals surface area (Å²) in [6.45, 7) is 6.58. The first-order valence-electron chi connectivity index (χ1n) is 12.5. The lowest BCUT2D eigenvalue weighted by Gasteiger charge is -2.36. The maximum absolute atomic E-state index is 13.2. The van der Waals surface area contributed by atoms with Gasteiger partial charge < -0.3 is 15.1 Å². The van der Waals surface area contributed by atoms with Crippen molar-refractivity contribution in [1.29, 1.82) is 0 Å². The van der Waals surface area contributed by atoms with Gasteiger partial charge in [-0.1, -0.05) is 13.3 Å². The second-order valence-electron chi connectivity index (χ2n) is 9.36. The second-order valence-corrected chi connectivity index (χ2v) is 9.36. The quantitative estimate of drug-likeness (QED) is 0.399. The first-order valence-corrected chi connectivity index (χ1v) is 12.5. The molecular formula is C24H34F3N5O4. The molecule has 2 heterocycles. The summed E-state index contributed by atoms with van der Waals surface area (Å²) in [5.74, 6) is 0.247. The van der Waals surface area contributed by atoms with Crippen molar-refractivity contribution in [1.82, 2.24) is 14.7 Å². The van der Waals surface area contributed by atoms with Crippen LogP contribution in [0.3, 0.4) is 0 Å². The third-order valence-electron chi connectivity index (χ3n) is 6.83. The number of rotatable bonds is 9. The number of amides is 2. The number of likely N-dealkylation sites (tertiary alicyclic amines) is 1. The highest BCUT2D eigenvalue weighted by Crippen LogP contribution is 2.37. The lowest BCUT2D eigenvalue weighted by atomic mass is 10.0. The van der Waals surface area contributed by atoms with Crippen LogP contribution in [0.2, 0.25) is 0 Å². The Morgan fingerprint density at radius 3 is 2.22 bits per heavy atom. The molecule has 1 aromatic carbocycles. The van der Waals surface area contributed by atoms with Crippen molar-refractivity contribution in [2.45, 2.75) is 57.7 Å². The van der Waals surface area contributed by atoms with Crippen LogP contribution in [0.25, 0.3) is 0 Å². The molecule has 9 nitrogen and oxygen atoms in total. The smallest absolute Gasteiger partial charge is 0.382 e. The molecule has 3 rings (SSSR count). The number of nitro groups is 1. The van der Waals surface area contributed by atoms with Gasteiger partial charge in [0.15, 0.2) is 0 Å². The van der Waals surface area contributed by atoms with E-state index in [2.05, 4.69) is 17.1 Å². The van der Waals surface area contributed by atoms with Gasteiger partial charge >= 0.3 is 6.18 Å². The summed E-state index contributed by atoms with van der Waals surface area (Å²) < 4.78 is 39.6. The van der Waals surface area contributed by atoms with Gasteiger partial charge in [0, 0.05) is 76.5 Å². The molecule has 36 heavy (non-hydrogen) atoms. The number of piperazine rings is 1. The standard InChI is InChI=1S/C24H34F3N5O4/c1-2-3-4-22(33)31-15-13-29(14-16-31)10-9-23(34)30-11-7-18(8-12-30)28-19-5-6-21(32(35)36)20(17-19)24(25,26)27/h5-6,17-18,28H,2-4,7-16H2,1H3. The van der Waals surface area contributed by atoms with Gasteiger partial charge in [-0.05, 0) is 31.4 Å². The molecule has 2 amide bonds. The first-order chi connectivity index (χ1) is 17.1. The highest BCUT2D eigenvalue weighted by molar-refractivity contribution is 5.77. The van der Waals surface area contributed by atoms with Crippen LogP contribution < -0.4 is 5.32 Å². The van der Waals surface area contributed by atoms with Crippen molar-refractivity contribution >= 4 is 23.2 Å². The molecule has 0 radical (unpaired) electrons. The van der Waals surface area contributed by atoms with Gasteiger partial charge in [0.05, 0.1) is 4.92 Å². The van der Waals surface area contributed by atoms with Crippen molar-refractivity contribution in [3.63, 3.8) is 0 Å². The topological polar surface area (TPSA) is 99.0 Å². The highest BCUT2D eigenvalue weighted by atomic mass is 19.4. The number of nitrogens with zero attached hydrogens (tertiary/aromatic N) is 4. The van der Waals surface area contributed by atoms with Crippen LogP contribution in [0.1, 0.15) is 51.0 Å². The van der Waals surface area contributed by atoms with E-state index in [1.807, 2.05) is 4.90 Å². The number of alkyl halides is 3. The van der Waals surface area contributed by atoms with E-state index < -0.39 is 22.4 Å². The Morgan fingerprint density at radius 1 is 1.03 bits per heavy atom. The van der Waals surface area contributed by atoms with Crippen molar-refractivity contribution < 1.29 is 27.7 Å². The van der Waals surface area contributed by atoms with E-state index in [-0.39, 0.29) is 23.5 Å². The number of nitro benzene ring substituents is 1. The fourth-order valence-corrected chi connectivity index (χ4v) is 4.64. The molecule has 0 bridgehead atoms. The minimum Gasteiger partial charge on any atom is -0.382 e. The Kier molecular flexibility index (Phi) is 9.52. The molecule has 200 valence electrons. The molecule has 0 aromatic heterocycles. The Hall–Kier alpha value is -2.89. The Bertz CT molecular complexity index is 927. The lowest BCUT2D eigenvalue weighted by Crippen LogP contribution is -2.49. The number of piperidine rings is 1. The zero-order valence-electron chi connectivity index (χ0n) is 20.6. The van der Waals surface area contributed by atoms with Crippen LogP contribution in [0, 0.1) is 10.1 Å². The number of nitrogens with one attached hydrogen (secondary N) is 1. The SMILES string of the molecule is CCCCC(=O)N1CCN(CCC(=O)N2CCC(Nc3ccc([N+](=O)[O-])c(C(F)(F)F)c3)CC2)CC1. The van der Waals surface area contributed by atoms with Gasteiger partial charge in [0.25, 0.3) is 5.69 Å². The largest absolute Gasteiger partial charge is 0.423 e. The number of carbonyl (C=O) groups is 2. The molecule has 0 unspecified atom stereocenters. The highest BCUT2D eigenvalue weighted by Gasteiger charge is 2.38. The molecule has 2 saturated heterocycles. The van der Waals surface area contributed by atoms with Crippen molar-refractivity contribution in [2.75, 3.05) is 51.1 Å².